The van der Waals surface area contributed by atoms with Crippen molar-refractivity contribution in [2.24, 2.45) is 0 Å². The van der Waals surface area contributed by atoms with Crippen molar-refractivity contribution < 1.29 is 50.7 Å². The summed E-state index contributed by atoms with van der Waals surface area (Å²) in [7, 11) is 0. The molecule has 12 heteroatoms. The molecule has 0 saturated carbocycles. The minimum absolute atomic E-state index is 2.01. The van der Waals surface area contributed by atoms with Gasteiger partial charge in [0, 0.05) is 0 Å². The molecule has 0 bridgehead atoms. The van der Waals surface area contributed by atoms with Crippen LogP contribution in [-0.2, 0) is 20.0 Å². The third-order valence-corrected chi connectivity index (χ3v) is 1.15. The van der Waals surface area contributed by atoms with Crippen molar-refractivity contribution >= 4 is 11.6 Å². The maximum Gasteiger partial charge on any atom is 0.477 e. The van der Waals surface area contributed by atoms with Gasteiger partial charge in [0.25, 0.3) is 0 Å². The third-order valence-electron chi connectivity index (χ3n) is 0.929. The summed E-state index contributed by atoms with van der Waals surface area (Å²) in [5.41, 5.74) is 0. The van der Waals surface area contributed by atoms with E-state index in [1.54, 1.807) is 0 Å². The van der Waals surface area contributed by atoms with Crippen LogP contribution < -0.4 is 0 Å². The topological polar surface area (TPSA) is 58.3 Å². The molecule has 16 heavy (non-hydrogen) atoms. The van der Waals surface area contributed by atoms with Gasteiger partial charge in [0.2, 0.25) is 0 Å². The van der Waals surface area contributed by atoms with Gasteiger partial charge in [-0.15, -0.1) is 14.9 Å². The van der Waals surface area contributed by atoms with Gasteiger partial charge in [-0.3, -0.25) is 0 Å². The van der Waals surface area contributed by atoms with Crippen molar-refractivity contribution in [3.63, 3.8) is 0 Å². The Labute approximate surface area is 87.0 Å². The van der Waals surface area contributed by atoms with Crippen molar-refractivity contribution in [2.45, 2.75) is 23.6 Å². The second-order valence-electron chi connectivity index (χ2n) is 2.23. The first kappa shape index (κ1) is 15.6. The molecule has 4 nitrogen and oxygen atoms in total. The van der Waals surface area contributed by atoms with E-state index in [-0.39, 0.29) is 0 Å². The van der Waals surface area contributed by atoms with Crippen LogP contribution in [0.1, 0.15) is 0 Å². The molecule has 0 saturated heterocycles. The summed E-state index contributed by atoms with van der Waals surface area (Å²) in [6.45, 7) is 0. The molecule has 0 aliphatic heterocycles. The molecule has 0 aliphatic carbocycles. The number of halogens is 8. The summed E-state index contributed by atoms with van der Waals surface area (Å²) >= 11 is 3.78. The molecular weight excluding hydrogens is 280 g/mol. The van der Waals surface area contributed by atoms with Gasteiger partial charge in [0.05, 0.1) is 0 Å². The summed E-state index contributed by atoms with van der Waals surface area (Å²) in [5.74, 6) is 0. The second kappa shape index (κ2) is 4.14. The largest absolute Gasteiger partial charge is 0.477 e. The molecule has 96 valence electrons. The van der Waals surface area contributed by atoms with E-state index in [2.05, 4.69) is 16.5 Å². The minimum Gasteiger partial charge on any atom is -0.180 e. The zero-order chi connectivity index (χ0) is 13.4. The molecule has 0 amide bonds. The van der Waals surface area contributed by atoms with Crippen LogP contribution in [0, 0.1) is 0 Å². The fourth-order valence-electron chi connectivity index (χ4n) is 0.202. The Kier molecular flexibility index (Phi) is 4.05. The summed E-state index contributed by atoms with van der Waals surface area (Å²) in [5, 5.41) is 13.8. The number of rotatable bonds is 5. The van der Waals surface area contributed by atoms with Gasteiger partial charge in [0.1, 0.15) is 0 Å². The lowest BCUT2D eigenvalue weighted by Gasteiger charge is -2.23. The lowest BCUT2D eigenvalue weighted by Crippen LogP contribution is -2.47. The maximum absolute atomic E-state index is 12.0. The smallest absolute Gasteiger partial charge is 0.180 e. The Hall–Kier alpha value is -0.360. The summed E-state index contributed by atoms with van der Waals surface area (Å²) < 4.78 is 82.3. The van der Waals surface area contributed by atoms with Gasteiger partial charge in [-0.2, -0.15) is 35.8 Å². The summed E-state index contributed by atoms with van der Waals surface area (Å²) in [6.07, 6.45) is -17.9. The van der Waals surface area contributed by atoms with E-state index in [0.717, 1.165) is 0 Å². The number of hydrogen-bond acceptors (Lipinski definition) is 2. The van der Waals surface area contributed by atoms with Crippen LogP contribution in [0.2, 0.25) is 0 Å². The van der Waals surface area contributed by atoms with Crippen LogP contribution in [0.4, 0.5) is 30.7 Å². The predicted octanol–water partition coefficient (Wildman–Crippen LogP) is 2.44. The van der Waals surface area contributed by atoms with E-state index >= 15 is 0 Å². The van der Waals surface area contributed by atoms with Crippen molar-refractivity contribution in [3.8, 4) is 0 Å². The fourth-order valence-corrected chi connectivity index (χ4v) is 0.233. The highest BCUT2D eigenvalue weighted by Crippen LogP contribution is 2.40. The Morgan fingerprint density at radius 2 is 1.06 bits per heavy atom. The second-order valence-corrected chi connectivity index (χ2v) is 2.72. The van der Waals surface area contributed by atoms with Crippen molar-refractivity contribution in [1.82, 2.24) is 0 Å². The van der Waals surface area contributed by atoms with Crippen molar-refractivity contribution in [1.29, 1.82) is 0 Å². The van der Waals surface area contributed by atoms with Crippen LogP contribution >= 0.6 is 11.6 Å². The Balaban J connectivity index is 4.59. The molecule has 0 heterocycles. The molecule has 0 aliphatic rings. The van der Waals surface area contributed by atoms with E-state index in [1.165, 1.54) is 0 Å². The van der Waals surface area contributed by atoms with Crippen molar-refractivity contribution in [3.05, 3.63) is 0 Å². The van der Waals surface area contributed by atoms with Gasteiger partial charge in [0.15, 0.2) is 0 Å². The average molecular weight is 280 g/mol. The van der Waals surface area contributed by atoms with Gasteiger partial charge >= 0.3 is 23.6 Å². The maximum atomic E-state index is 12.0. The van der Waals surface area contributed by atoms with E-state index in [4.69, 9.17) is 0 Å². The standard InChI is InChI=1S/C4ClF7O4/c5-1(6,13)3(9,10)15-16-4(11,12)2(7,8)14. The molecule has 0 fully saturated rings. The highest BCUT2D eigenvalue weighted by Gasteiger charge is 2.65. The highest BCUT2D eigenvalue weighted by molar-refractivity contribution is 6.22. The molecule has 0 aromatic rings. The lowest BCUT2D eigenvalue weighted by molar-refractivity contribution is -0.587. The molecule has 2 radical (unpaired) electrons. The molecule has 0 aromatic heterocycles. The van der Waals surface area contributed by atoms with Gasteiger partial charge < -0.3 is 0 Å². The molecule has 0 aromatic carbocycles. The third kappa shape index (κ3) is 3.59. The van der Waals surface area contributed by atoms with Crippen molar-refractivity contribution in [2.75, 3.05) is 0 Å². The predicted molar refractivity (Wildman–Crippen MR) is 28.1 cm³/mol. The quantitative estimate of drug-likeness (QED) is 0.336. The van der Waals surface area contributed by atoms with Crippen LogP contribution in [-0.4, -0.2) is 23.6 Å². The van der Waals surface area contributed by atoms with Crippen LogP contribution in [0.25, 0.3) is 0 Å². The first-order chi connectivity index (χ1) is 6.71. The lowest BCUT2D eigenvalue weighted by atomic mass is 10.6. The highest BCUT2D eigenvalue weighted by atomic mass is 35.5. The van der Waals surface area contributed by atoms with E-state index in [0.29, 0.717) is 0 Å². The summed E-state index contributed by atoms with van der Waals surface area (Å²) in [6, 6.07) is 0. The Bertz CT molecular complexity index is 220. The fraction of sp³-hybridized carbons (Fsp3) is 1.00. The first-order valence-corrected chi connectivity index (χ1v) is 3.37. The van der Waals surface area contributed by atoms with E-state index < -0.39 is 23.6 Å². The average Bonchev–Trinajstić information content (AvgIpc) is 1.97. The zero-order valence-electron chi connectivity index (χ0n) is 6.66. The Morgan fingerprint density at radius 1 is 0.750 bits per heavy atom. The molecule has 0 N–H and O–H groups in total. The van der Waals surface area contributed by atoms with Gasteiger partial charge in [-0.25, -0.2) is 0 Å². The van der Waals surface area contributed by atoms with E-state index in [1.807, 2.05) is 4.89 Å². The zero-order valence-corrected chi connectivity index (χ0v) is 7.41. The first-order valence-electron chi connectivity index (χ1n) is 3.00. The van der Waals surface area contributed by atoms with Crippen LogP contribution in [0.15, 0.2) is 0 Å². The minimum atomic E-state index is -6.14. The molecule has 0 spiro atoms. The monoisotopic (exact) mass is 280 g/mol. The molecule has 0 rings (SSSR count). The van der Waals surface area contributed by atoms with Crippen LogP contribution in [0.5, 0.6) is 0 Å². The summed E-state index contributed by atoms with van der Waals surface area (Å²) in [4.78, 5) is 4.12. The molecule has 1 unspecified atom stereocenters. The van der Waals surface area contributed by atoms with Gasteiger partial charge in [-0.05, 0) is 11.6 Å². The molecular formula is C4ClF7O4. The SMILES string of the molecule is [O]C(F)(F)C(F)(F)OOC(F)(F)C([O])(F)Cl. The molecule has 1 atom stereocenters. The van der Waals surface area contributed by atoms with E-state index in [9.17, 15) is 40.9 Å². The Morgan fingerprint density at radius 3 is 1.31 bits per heavy atom. The van der Waals surface area contributed by atoms with Gasteiger partial charge in [-0.1, -0.05) is 0 Å². The van der Waals surface area contributed by atoms with Crippen LogP contribution in [0.3, 0.4) is 0 Å². The normalized spacial score (nSPS) is 18.4. The number of hydrogen-bond donors (Lipinski definition) is 0. The number of alkyl halides is 8.